The Kier molecular flexibility index (Phi) is 1.65. The van der Waals surface area contributed by atoms with Crippen molar-refractivity contribution in [1.29, 1.82) is 0 Å². The molecule has 66 valence electrons. The van der Waals surface area contributed by atoms with Gasteiger partial charge in [0.1, 0.15) is 11.6 Å². The minimum atomic E-state index is -0.349. The number of aromatic hydroxyl groups is 1. The van der Waals surface area contributed by atoms with Gasteiger partial charge in [-0.05, 0) is 30.7 Å². The summed E-state index contributed by atoms with van der Waals surface area (Å²) in [5.41, 5.74) is 1.21. The standard InChI is InChI=1S/C10H8FNO/c1-6-8-4-7(13)2-3-10(8)12-5-9(6)11/h2-5,13H,1H3. The summed E-state index contributed by atoms with van der Waals surface area (Å²) >= 11 is 0. The summed E-state index contributed by atoms with van der Waals surface area (Å²) in [5.74, 6) is -0.221. The number of hydrogen-bond acceptors (Lipinski definition) is 2. The van der Waals surface area contributed by atoms with Crippen molar-refractivity contribution < 1.29 is 9.50 Å². The van der Waals surface area contributed by atoms with Crippen LogP contribution in [0.1, 0.15) is 5.56 Å². The smallest absolute Gasteiger partial charge is 0.145 e. The van der Waals surface area contributed by atoms with Crippen LogP contribution in [0.2, 0.25) is 0 Å². The first kappa shape index (κ1) is 7.98. The van der Waals surface area contributed by atoms with Crippen LogP contribution in [0.3, 0.4) is 0 Å². The molecule has 0 atom stereocenters. The summed E-state index contributed by atoms with van der Waals surface area (Å²) in [5, 5.41) is 9.85. The molecule has 0 aliphatic carbocycles. The fraction of sp³-hybridized carbons (Fsp3) is 0.100. The molecule has 1 aromatic heterocycles. The number of phenolic OH excluding ortho intramolecular Hbond substituents is 1. The van der Waals surface area contributed by atoms with Crippen molar-refractivity contribution in [2.24, 2.45) is 0 Å². The molecular formula is C10H8FNO. The van der Waals surface area contributed by atoms with E-state index in [4.69, 9.17) is 0 Å². The van der Waals surface area contributed by atoms with E-state index in [2.05, 4.69) is 4.98 Å². The number of pyridine rings is 1. The number of rotatable bonds is 0. The monoisotopic (exact) mass is 177 g/mol. The summed E-state index contributed by atoms with van der Waals surface area (Å²) in [4.78, 5) is 3.90. The minimum absolute atomic E-state index is 0.128. The lowest BCUT2D eigenvalue weighted by Gasteiger charge is -2.02. The molecule has 0 amide bonds. The van der Waals surface area contributed by atoms with Gasteiger partial charge >= 0.3 is 0 Å². The molecule has 0 spiro atoms. The first-order chi connectivity index (χ1) is 6.18. The highest BCUT2D eigenvalue weighted by Crippen LogP contribution is 2.22. The highest BCUT2D eigenvalue weighted by molar-refractivity contribution is 5.83. The molecule has 0 saturated carbocycles. The van der Waals surface area contributed by atoms with Crippen LogP contribution in [0.15, 0.2) is 24.4 Å². The van der Waals surface area contributed by atoms with E-state index in [1.54, 1.807) is 13.0 Å². The molecule has 0 radical (unpaired) electrons. The zero-order chi connectivity index (χ0) is 9.42. The zero-order valence-corrected chi connectivity index (χ0v) is 7.08. The molecule has 3 heteroatoms. The summed E-state index contributed by atoms with van der Waals surface area (Å²) < 4.78 is 13.0. The second kappa shape index (κ2) is 2.69. The van der Waals surface area contributed by atoms with Gasteiger partial charge in [-0.15, -0.1) is 0 Å². The van der Waals surface area contributed by atoms with Gasteiger partial charge in [-0.25, -0.2) is 4.39 Å². The third kappa shape index (κ3) is 1.22. The second-order valence-corrected chi connectivity index (χ2v) is 2.93. The van der Waals surface area contributed by atoms with Crippen LogP contribution in [-0.4, -0.2) is 10.1 Å². The van der Waals surface area contributed by atoms with Crippen LogP contribution >= 0.6 is 0 Å². The van der Waals surface area contributed by atoms with Crippen molar-refractivity contribution in [1.82, 2.24) is 4.98 Å². The first-order valence-electron chi connectivity index (χ1n) is 3.92. The largest absolute Gasteiger partial charge is 0.508 e. The average molecular weight is 177 g/mol. The van der Waals surface area contributed by atoms with Crippen LogP contribution in [0.4, 0.5) is 4.39 Å². The third-order valence-electron chi connectivity index (χ3n) is 2.06. The molecule has 0 aliphatic heterocycles. The van der Waals surface area contributed by atoms with Crippen molar-refractivity contribution >= 4 is 10.9 Å². The van der Waals surface area contributed by atoms with E-state index in [1.165, 1.54) is 18.3 Å². The van der Waals surface area contributed by atoms with Crippen molar-refractivity contribution in [3.05, 3.63) is 35.8 Å². The fourth-order valence-corrected chi connectivity index (χ4v) is 1.29. The van der Waals surface area contributed by atoms with Crippen LogP contribution < -0.4 is 0 Å². The van der Waals surface area contributed by atoms with E-state index in [-0.39, 0.29) is 11.6 Å². The Morgan fingerprint density at radius 3 is 2.92 bits per heavy atom. The van der Waals surface area contributed by atoms with Crippen LogP contribution in [0.5, 0.6) is 5.75 Å². The van der Waals surface area contributed by atoms with Crippen molar-refractivity contribution in [3.8, 4) is 5.75 Å². The van der Waals surface area contributed by atoms with E-state index in [1.807, 2.05) is 0 Å². The van der Waals surface area contributed by atoms with Gasteiger partial charge in [0, 0.05) is 5.39 Å². The maximum absolute atomic E-state index is 13.0. The van der Waals surface area contributed by atoms with E-state index < -0.39 is 0 Å². The van der Waals surface area contributed by atoms with E-state index in [0.717, 1.165) is 0 Å². The Balaban J connectivity index is 2.89. The van der Waals surface area contributed by atoms with Gasteiger partial charge in [-0.1, -0.05) is 0 Å². The minimum Gasteiger partial charge on any atom is -0.508 e. The van der Waals surface area contributed by atoms with Gasteiger partial charge in [0.2, 0.25) is 0 Å². The molecule has 0 saturated heterocycles. The number of phenols is 1. The fourth-order valence-electron chi connectivity index (χ4n) is 1.29. The Morgan fingerprint density at radius 1 is 1.38 bits per heavy atom. The topological polar surface area (TPSA) is 33.1 Å². The van der Waals surface area contributed by atoms with Crippen molar-refractivity contribution in [2.45, 2.75) is 6.92 Å². The average Bonchev–Trinajstić information content (AvgIpc) is 2.12. The van der Waals surface area contributed by atoms with Crippen LogP contribution in [-0.2, 0) is 0 Å². The molecule has 1 N–H and O–H groups in total. The Morgan fingerprint density at radius 2 is 2.15 bits per heavy atom. The lowest BCUT2D eigenvalue weighted by molar-refractivity contribution is 0.476. The maximum Gasteiger partial charge on any atom is 0.145 e. The van der Waals surface area contributed by atoms with E-state index in [0.29, 0.717) is 16.5 Å². The summed E-state index contributed by atoms with van der Waals surface area (Å²) in [7, 11) is 0. The van der Waals surface area contributed by atoms with Gasteiger partial charge in [0.25, 0.3) is 0 Å². The number of benzene rings is 1. The zero-order valence-electron chi connectivity index (χ0n) is 7.08. The van der Waals surface area contributed by atoms with E-state index in [9.17, 15) is 9.50 Å². The first-order valence-corrected chi connectivity index (χ1v) is 3.92. The molecule has 0 bridgehead atoms. The number of halogens is 1. The Bertz CT molecular complexity index is 462. The number of fused-ring (bicyclic) bond motifs is 1. The Labute approximate surface area is 74.7 Å². The molecule has 0 fully saturated rings. The number of aryl methyl sites for hydroxylation is 1. The van der Waals surface area contributed by atoms with Gasteiger partial charge in [0.15, 0.2) is 0 Å². The summed E-state index contributed by atoms with van der Waals surface area (Å²) in [6.07, 6.45) is 1.19. The molecule has 2 rings (SSSR count). The van der Waals surface area contributed by atoms with Gasteiger partial charge < -0.3 is 5.11 Å². The third-order valence-corrected chi connectivity index (χ3v) is 2.06. The quantitative estimate of drug-likeness (QED) is 0.670. The molecular weight excluding hydrogens is 169 g/mol. The predicted octanol–water partition coefficient (Wildman–Crippen LogP) is 2.39. The lowest BCUT2D eigenvalue weighted by atomic mass is 10.1. The normalized spacial score (nSPS) is 10.6. The van der Waals surface area contributed by atoms with E-state index >= 15 is 0 Å². The number of aromatic nitrogens is 1. The summed E-state index contributed by atoms with van der Waals surface area (Å²) in [6.45, 7) is 1.67. The van der Waals surface area contributed by atoms with Crippen molar-refractivity contribution in [3.63, 3.8) is 0 Å². The predicted molar refractivity (Wildman–Crippen MR) is 48.1 cm³/mol. The van der Waals surface area contributed by atoms with Crippen LogP contribution in [0, 0.1) is 12.7 Å². The van der Waals surface area contributed by atoms with Crippen molar-refractivity contribution in [2.75, 3.05) is 0 Å². The highest BCUT2D eigenvalue weighted by Gasteiger charge is 2.04. The van der Waals surface area contributed by atoms with Gasteiger partial charge in [0.05, 0.1) is 11.7 Å². The SMILES string of the molecule is Cc1c(F)cnc2ccc(O)cc12. The second-order valence-electron chi connectivity index (χ2n) is 2.93. The molecule has 0 aliphatic rings. The maximum atomic E-state index is 13.0. The lowest BCUT2D eigenvalue weighted by Crippen LogP contribution is -1.87. The highest BCUT2D eigenvalue weighted by atomic mass is 19.1. The number of hydrogen-bond donors (Lipinski definition) is 1. The molecule has 1 aromatic carbocycles. The molecule has 2 aromatic rings. The van der Waals surface area contributed by atoms with Gasteiger partial charge in [-0.3, -0.25) is 4.98 Å². The molecule has 13 heavy (non-hydrogen) atoms. The Hall–Kier alpha value is -1.64. The number of nitrogens with zero attached hydrogens (tertiary/aromatic N) is 1. The molecule has 2 nitrogen and oxygen atoms in total. The van der Waals surface area contributed by atoms with Crippen LogP contribution in [0.25, 0.3) is 10.9 Å². The molecule has 0 unspecified atom stereocenters. The van der Waals surface area contributed by atoms with Gasteiger partial charge in [-0.2, -0.15) is 0 Å². The molecule has 1 heterocycles. The summed E-state index contributed by atoms with van der Waals surface area (Å²) in [6, 6.07) is 4.71.